The maximum atomic E-state index is 12.4. The standard InChI is InChI=1S/C21H25ClN4O2/c1-2-23-21(28)16-5-3-7-18(13-16)24-20(27)15-25-9-11-26(12-10-25)19-8-4-6-17(22)14-19/h3-8,13-14H,2,9-12,15H2,1H3,(H,23,28)(H,24,27)/p+1. The topological polar surface area (TPSA) is 65.9 Å². The van der Waals surface area contributed by atoms with Gasteiger partial charge in [-0.05, 0) is 43.3 Å². The maximum absolute atomic E-state index is 12.4. The molecular weight excluding hydrogens is 376 g/mol. The van der Waals surface area contributed by atoms with E-state index in [0.717, 1.165) is 36.9 Å². The van der Waals surface area contributed by atoms with Crippen LogP contribution >= 0.6 is 11.6 Å². The van der Waals surface area contributed by atoms with Crippen LogP contribution in [0, 0.1) is 0 Å². The van der Waals surface area contributed by atoms with Crippen molar-refractivity contribution in [2.24, 2.45) is 0 Å². The van der Waals surface area contributed by atoms with E-state index >= 15 is 0 Å². The van der Waals surface area contributed by atoms with Crippen molar-refractivity contribution in [1.29, 1.82) is 0 Å². The molecule has 0 aliphatic carbocycles. The van der Waals surface area contributed by atoms with Gasteiger partial charge in [-0.1, -0.05) is 23.7 Å². The van der Waals surface area contributed by atoms with Gasteiger partial charge in [-0.15, -0.1) is 0 Å². The number of carbonyl (C=O) groups excluding carboxylic acids is 2. The minimum absolute atomic E-state index is 0.0424. The molecule has 0 spiro atoms. The number of benzene rings is 2. The Kier molecular flexibility index (Phi) is 6.90. The normalized spacial score (nSPS) is 14.6. The van der Waals surface area contributed by atoms with Gasteiger partial charge in [-0.2, -0.15) is 0 Å². The van der Waals surface area contributed by atoms with Gasteiger partial charge in [0.05, 0.1) is 26.2 Å². The molecule has 1 heterocycles. The summed E-state index contributed by atoms with van der Waals surface area (Å²) in [6, 6.07) is 14.9. The molecule has 2 aromatic rings. The molecule has 0 atom stereocenters. The summed E-state index contributed by atoms with van der Waals surface area (Å²) in [6.45, 7) is 6.40. The van der Waals surface area contributed by atoms with E-state index in [0.29, 0.717) is 24.3 Å². The monoisotopic (exact) mass is 401 g/mol. The maximum Gasteiger partial charge on any atom is 0.279 e. The number of nitrogens with zero attached hydrogens (tertiary/aromatic N) is 1. The molecule has 1 fully saturated rings. The Morgan fingerprint density at radius 1 is 1.11 bits per heavy atom. The number of rotatable bonds is 6. The van der Waals surface area contributed by atoms with E-state index in [1.807, 2.05) is 25.1 Å². The zero-order valence-corrected chi connectivity index (χ0v) is 16.8. The molecule has 7 heteroatoms. The van der Waals surface area contributed by atoms with Crippen LogP contribution in [0.2, 0.25) is 5.02 Å². The van der Waals surface area contributed by atoms with Gasteiger partial charge in [0.15, 0.2) is 6.54 Å². The van der Waals surface area contributed by atoms with Crippen LogP contribution in [0.15, 0.2) is 48.5 Å². The molecule has 1 saturated heterocycles. The minimum atomic E-state index is -0.138. The molecule has 3 rings (SSSR count). The van der Waals surface area contributed by atoms with Crippen LogP contribution in [0.3, 0.4) is 0 Å². The highest BCUT2D eigenvalue weighted by atomic mass is 35.5. The number of piperazine rings is 1. The van der Waals surface area contributed by atoms with E-state index < -0.39 is 0 Å². The lowest BCUT2D eigenvalue weighted by Gasteiger charge is -2.33. The molecule has 6 nitrogen and oxygen atoms in total. The van der Waals surface area contributed by atoms with Crippen molar-refractivity contribution in [1.82, 2.24) is 5.32 Å². The van der Waals surface area contributed by atoms with Crippen LogP contribution in [-0.4, -0.2) is 51.1 Å². The average molecular weight is 402 g/mol. The SMILES string of the molecule is CCNC(=O)c1cccc(NC(=O)C[NH+]2CCN(c3cccc(Cl)c3)CC2)c1. The molecular formula is C21H26ClN4O2+. The largest absolute Gasteiger partial charge is 0.360 e. The first-order valence-electron chi connectivity index (χ1n) is 9.57. The van der Waals surface area contributed by atoms with E-state index in [9.17, 15) is 9.59 Å². The van der Waals surface area contributed by atoms with Gasteiger partial charge in [-0.25, -0.2) is 0 Å². The highest BCUT2D eigenvalue weighted by molar-refractivity contribution is 6.30. The van der Waals surface area contributed by atoms with E-state index in [1.54, 1.807) is 24.3 Å². The lowest BCUT2D eigenvalue weighted by atomic mass is 10.2. The fourth-order valence-electron chi connectivity index (χ4n) is 3.36. The van der Waals surface area contributed by atoms with Crippen LogP contribution in [0.5, 0.6) is 0 Å². The highest BCUT2D eigenvalue weighted by Gasteiger charge is 2.22. The number of hydrogen-bond donors (Lipinski definition) is 3. The lowest BCUT2D eigenvalue weighted by molar-refractivity contribution is -0.892. The Morgan fingerprint density at radius 2 is 1.86 bits per heavy atom. The van der Waals surface area contributed by atoms with Crippen LogP contribution < -0.4 is 20.4 Å². The second-order valence-electron chi connectivity index (χ2n) is 6.88. The van der Waals surface area contributed by atoms with E-state index in [2.05, 4.69) is 21.6 Å². The third-order valence-electron chi connectivity index (χ3n) is 4.80. The van der Waals surface area contributed by atoms with Gasteiger partial charge >= 0.3 is 0 Å². The van der Waals surface area contributed by atoms with Gasteiger partial charge in [0, 0.05) is 28.5 Å². The smallest absolute Gasteiger partial charge is 0.279 e. The van der Waals surface area contributed by atoms with E-state index in [4.69, 9.17) is 11.6 Å². The molecule has 0 aromatic heterocycles. The fraction of sp³-hybridized carbons (Fsp3) is 0.333. The second-order valence-corrected chi connectivity index (χ2v) is 7.32. The third-order valence-corrected chi connectivity index (χ3v) is 5.04. The summed E-state index contributed by atoms with van der Waals surface area (Å²) >= 11 is 6.08. The lowest BCUT2D eigenvalue weighted by Crippen LogP contribution is -3.15. The summed E-state index contributed by atoms with van der Waals surface area (Å²) in [6.07, 6.45) is 0. The van der Waals surface area contributed by atoms with Crippen molar-refractivity contribution in [3.8, 4) is 0 Å². The molecule has 0 radical (unpaired) electrons. The Morgan fingerprint density at radius 3 is 2.57 bits per heavy atom. The zero-order chi connectivity index (χ0) is 19.9. The summed E-state index contributed by atoms with van der Waals surface area (Å²) in [4.78, 5) is 27.9. The predicted octanol–water partition coefficient (Wildman–Crippen LogP) is 1.43. The molecule has 3 N–H and O–H groups in total. The Bertz CT molecular complexity index is 835. The number of quaternary nitrogens is 1. The van der Waals surface area contributed by atoms with Gasteiger partial charge in [0.1, 0.15) is 0 Å². The number of halogens is 1. The Balaban J connectivity index is 1.50. The van der Waals surface area contributed by atoms with E-state index in [-0.39, 0.29) is 11.8 Å². The predicted molar refractivity (Wildman–Crippen MR) is 112 cm³/mol. The van der Waals surface area contributed by atoms with Crippen LogP contribution in [0.4, 0.5) is 11.4 Å². The van der Waals surface area contributed by atoms with Gasteiger partial charge in [-0.3, -0.25) is 9.59 Å². The fourth-order valence-corrected chi connectivity index (χ4v) is 3.55. The van der Waals surface area contributed by atoms with E-state index in [1.165, 1.54) is 4.90 Å². The van der Waals surface area contributed by atoms with Crippen molar-refractivity contribution < 1.29 is 14.5 Å². The summed E-state index contributed by atoms with van der Waals surface area (Å²) in [5, 5.41) is 6.40. The summed E-state index contributed by atoms with van der Waals surface area (Å²) < 4.78 is 0. The van der Waals surface area contributed by atoms with Crippen LogP contribution in [0.1, 0.15) is 17.3 Å². The molecule has 2 amide bonds. The molecule has 2 aromatic carbocycles. The van der Waals surface area contributed by atoms with Crippen LogP contribution in [-0.2, 0) is 4.79 Å². The molecule has 0 unspecified atom stereocenters. The van der Waals surface area contributed by atoms with Gasteiger partial charge in [0.25, 0.3) is 11.8 Å². The van der Waals surface area contributed by atoms with Gasteiger partial charge < -0.3 is 20.4 Å². The molecule has 148 valence electrons. The van der Waals surface area contributed by atoms with Gasteiger partial charge in [0.2, 0.25) is 0 Å². The molecule has 1 aliphatic heterocycles. The second kappa shape index (κ2) is 9.57. The summed E-state index contributed by atoms with van der Waals surface area (Å²) in [7, 11) is 0. The number of carbonyl (C=O) groups is 2. The Hall–Kier alpha value is -2.57. The average Bonchev–Trinajstić information content (AvgIpc) is 2.69. The molecule has 1 aliphatic rings. The molecule has 0 bridgehead atoms. The number of hydrogen-bond acceptors (Lipinski definition) is 3. The first-order valence-corrected chi connectivity index (χ1v) is 9.95. The van der Waals surface area contributed by atoms with Crippen molar-refractivity contribution in [2.75, 3.05) is 49.5 Å². The minimum Gasteiger partial charge on any atom is -0.360 e. The number of anilines is 2. The summed E-state index contributed by atoms with van der Waals surface area (Å²) in [5.41, 5.74) is 2.31. The Labute approximate surface area is 170 Å². The van der Waals surface area contributed by atoms with Crippen molar-refractivity contribution in [3.05, 3.63) is 59.1 Å². The highest BCUT2D eigenvalue weighted by Crippen LogP contribution is 2.19. The third kappa shape index (κ3) is 5.47. The van der Waals surface area contributed by atoms with Crippen molar-refractivity contribution >= 4 is 34.8 Å². The summed E-state index contributed by atoms with van der Waals surface area (Å²) in [5.74, 6) is -0.180. The van der Waals surface area contributed by atoms with Crippen molar-refractivity contribution in [3.63, 3.8) is 0 Å². The number of nitrogens with one attached hydrogen (secondary N) is 3. The molecule has 28 heavy (non-hydrogen) atoms. The molecule has 0 saturated carbocycles. The first kappa shape index (κ1) is 20.2. The van der Waals surface area contributed by atoms with Crippen molar-refractivity contribution in [2.45, 2.75) is 6.92 Å². The zero-order valence-electron chi connectivity index (χ0n) is 16.0. The quantitative estimate of drug-likeness (QED) is 0.686. The number of amides is 2. The van der Waals surface area contributed by atoms with Crippen LogP contribution in [0.25, 0.3) is 0 Å². The first-order chi connectivity index (χ1) is 13.5.